The monoisotopic (exact) mass is 275 g/mol. The zero-order valence-electron chi connectivity index (χ0n) is 9.68. The molecule has 0 aliphatic rings. The zero-order valence-corrected chi connectivity index (χ0v) is 10.5. The maximum Gasteiger partial charge on any atom is 0.350 e. The minimum Gasteiger partial charge on any atom is -0.382 e. The van der Waals surface area contributed by atoms with Crippen LogP contribution in [-0.4, -0.2) is 10.9 Å². The van der Waals surface area contributed by atoms with Crippen molar-refractivity contribution < 1.29 is 13.9 Å². The van der Waals surface area contributed by atoms with Crippen LogP contribution in [0, 0.1) is 10.1 Å². The van der Waals surface area contributed by atoms with Crippen molar-refractivity contribution in [2.24, 2.45) is 0 Å². The highest BCUT2D eigenvalue weighted by Gasteiger charge is 2.16. The molecule has 96 valence electrons. The molecule has 6 heteroatoms. The maximum atomic E-state index is 11.7. The van der Waals surface area contributed by atoms with E-state index in [9.17, 15) is 14.9 Å². The molecule has 0 bridgehead atoms. The zero-order chi connectivity index (χ0) is 13.7. The average Bonchev–Trinajstić information content (AvgIpc) is 2.46. The van der Waals surface area contributed by atoms with Crippen molar-refractivity contribution >= 4 is 23.7 Å². The van der Waals surface area contributed by atoms with E-state index >= 15 is 0 Å². The van der Waals surface area contributed by atoms with Gasteiger partial charge in [0.25, 0.3) is 5.69 Å². The van der Waals surface area contributed by atoms with Crippen LogP contribution < -0.4 is 0 Å². The van der Waals surface area contributed by atoms with Gasteiger partial charge in [0.2, 0.25) is 0 Å². The first-order valence-electron chi connectivity index (χ1n) is 5.36. The first-order chi connectivity index (χ1) is 9.18. The van der Waals surface area contributed by atoms with Crippen molar-refractivity contribution in [3.63, 3.8) is 0 Å². The largest absolute Gasteiger partial charge is 0.382 e. The lowest BCUT2D eigenvalue weighted by Crippen LogP contribution is -1.99. The Labute approximate surface area is 113 Å². The second-order valence-corrected chi connectivity index (χ2v) is 4.32. The fourth-order valence-electron chi connectivity index (χ4n) is 1.38. The number of benzene rings is 2. The Morgan fingerprint density at radius 2 is 1.68 bits per heavy atom. The Kier molecular flexibility index (Phi) is 4.15. The van der Waals surface area contributed by atoms with Crippen LogP contribution in [0.3, 0.4) is 0 Å². The predicted molar refractivity (Wildman–Crippen MR) is 70.8 cm³/mol. The molecular weight excluding hydrogens is 266 g/mol. The number of carbonyl (C=O) groups is 1. The average molecular weight is 275 g/mol. The number of para-hydroxylation sites is 1. The lowest BCUT2D eigenvalue weighted by molar-refractivity contribution is -0.387. The normalized spacial score (nSPS) is 9.89. The molecule has 0 amide bonds. The fourth-order valence-corrected chi connectivity index (χ4v) is 2.01. The molecule has 5 nitrogen and oxygen atoms in total. The molecule has 0 aliphatic heterocycles. The maximum absolute atomic E-state index is 11.7. The molecule has 0 N–H and O–H groups in total. The molecule has 0 atom stereocenters. The van der Waals surface area contributed by atoms with E-state index in [0.29, 0.717) is 17.6 Å². The second-order valence-electron chi connectivity index (χ2n) is 3.54. The molecule has 2 aromatic carbocycles. The van der Waals surface area contributed by atoms with Gasteiger partial charge in [-0.1, -0.05) is 30.3 Å². The number of carbonyl (C=O) groups excluding carboxylic acids is 1. The number of rotatable bonds is 4. The van der Waals surface area contributed by atoms with Gasteiger partial charge in [-0.3, -0.25) is 10.1 Å². The third kappa shape index (κ3) is 3.32. The van der Waals surface area contributed by atoms with E-state index in [-0.39, 0.29) is 10.6 Å². The van der Waals surface area contributed by atoms with E-state index in [1.54, 1.807) is 42.5 Å². The van der Waals surface area contributed by atoms with Gasteiger partial charge < -0.3 is 4.18 Å². The fraction of sp³-hybridized carbons (Fsp3) is 0. The van der Waals surface area contributed by atoms with Crippen molar-refractivity contribution in [1.29, 1.82) is 0 Å². The van der Waals surface area contributed by atoms with Gasteiger partial charge >= 0.3 is 5.97 Å². The summed E-state index contributed by atoms with van der Waals surface area (Å²) in [4.78, 5) is 22.2. The third-order valence-electron chi connectivity index (χ3n) is 2.28. The molecule has 19 heavy (non-hydrogen) atoms. The summed E-state index contributed by atoms with van der Waals surface area (Å²) in [5, 5.41) is 10.8. The lowest BCUT2D eigenvalue weighted by atomic mass is 10.2. The molecule has 0 heterocycles. The Balaban J connectivity index is 2.07. The highest BCUT2D eigenvalue weighted by Crippen LogP contribution is 2.29. The molecule has 0 aliphatic carbocycles. The smallest absolute Gasteiger partial charge is 0.350 e. The molecule has 0 spiro atoms. The molecule has 0 saturated heterocycles. The third-order valence-corrected chi connectivity index (χ3v) is 3.04. The van der Waals surface area contributed by atoms with Gasteiger partial charge in [0, 0.05) is 6.07 Å². The van der Waals surface area contributed by atoms with E-state index in [2.05, 4.69) is 0 Å². The van der Waals surface area contributed by atoms with E-state index in [4.69, 9.17) is 4.18 Å². The standard InChI is InChI=1S/C13H9NO4S/c15-13(10-6-2-1-3-7-10)18-19-12-9-5-4-8-11(12)14(16)17/h1-9H. The number of nitro groups is 1. The van der Waals surface area contributed by atoms with Crippen LogP contribution in [0.5, 0.6) is 0 Å². The number of nitro benzene ring substituents is 1. The summed E-state index contributed by atoms with van der Waals surface area (Å²) in [6.45, 7) is 0. The van der Waals surface area contributed by atoms with E-state index in [0.717, 1.165) is 0 Å². The minimum atomic E-state index is -0.538. The first kappa shape index (κ1) is 13.1. The summed E-state index contributed by atoms with van der Waals surface area (Å²) in [7, 11) is 0. The van der Waals surface area contributed by atoms with Crippen LogP contribution in [-0.2, 0) is 4.18 Å². The summed E-state index contributed by atoms with van der Waals surface area (Å²) in [5.74, 6) is -0.538. The van der Waals surface area contributed by atoms with Crippen molar-refractivity contribution in [1.82, 2.24) is 0 Å². The highest BCUT2D eigenvalue weighted by atomic mass is 32.2. The summed E-state index contributed by atoms with van der Waals surface area (Å²) in [5.41, 5.74) is 0.307. The van der Waals surface area contributed by atoms with Crippen LogP contribution in [0.25, 0.3) is 0 Å². The summed E-state index contributed by atoms with van der Waals surface area (Å²) < 4.78 is 4.98. The van der Waals surface area contributed by atoms with Gasteiger partial charge in [0.1, 0.15) is 16.9 Å². The van der Waals surface area contributed by atoms with E-state index < -0.39 is 10.9 Å². The topological polar surface area (TPSA) is 69.4 Å². The Bertz CT molecular complexity index is 601. The van der Waals surface area contributed by atoms with Crippen LogP contribution >= 0.6 is 12.0 Å². The van der Waals surface area contributed by atoms with Gasteiger partial charge in [-0.2, -0.15) is 0 Å². The Morgan fingerprint density at radius 3 is 2.37 bits per heavy atom. The molecular formula is C13H9NO4S. The highest BCUT2D eigenvalue weighted by molar-refractivity contribution is 7.95. The lowest BCUT2D eigenvalue weighted by Gasteiger charge is -2.03. The Morgan fingerprint density at radius 1 is 1.05 bits per heavy atom. The summed E-state index contributed by atoms with van der Waals surface area (Å²) in [6.07, 6.45) is 0. The van der Waals surface area contributed by atoms with E-state index in [1.807, 2.05) is 0 Å². The molecule has 2 rings (SSSR count). The van der Waals surface area contributed by atoms with Gasteiger partial charge in [0.15, 0.2) is 0 Å². The van der Waals surface area contributed by atoms with Crippen molar-refractivity contribution in [2.75, 3.05) is 0 Å². The van der Waals surface area contributed by atoms with Crippen LogP contribution in [0.2, 0.25) is 0 Å². The first-order valence-corrected chi connectivity index (χ1v) is 6.10. The number of nitrogens with zero attached hydrogens (tertiary/aromatic N) is 1. The predicted octanol–water partition coefficient (Wildman–Crippen LogP) is 3.46. The van der Waals surface area contributed by atoms with Gasteiger partial charge in [-0.25, -0.2) is 4.79 Å². The molecule has 0 saturated carbocycles. The Hall–Kier alpha value is -2.34. The van der Waals surface area contributed by atoms with Crippen molar-refractivity contribution in [3.05, 3.63) is 70.3 Å². The van der Waals surface area contributed by atoms with Gasteiger partial charge in [0.05, 0.1) is 10.5 Å². The minimum absolute atomic E-state index is 0.0895. The number of hydrogen-bond acceptors (Lipinski definition) is 5. The van der Waals surface area contributed by atoms with Crippen LogP contribution in [0.15, 0.2) is 59.5 Å². The van der Waals surface area contributed by atoms with Gasteiger partial charge in [-0.15, -0.1) is 0 Å². The van der Waals surface area contributed by atoms with Crippen LogP contribution in [0.4, 0.5) is 5.69 Å². The number of hydrogen-bond donors (Lipinski definition) is 0. The van der Waals surface area contributed by atoms with E-state index in [1.165, 1.54) is 12.1 Å². The SMILES string of the molecule is O=C(OSc1ccccc1[N+](=O)[O-])c1ccccc1. The summed E-state index contributed by atoms with van der Waals surface area (Å²) in [6, 6.07) is 14.5. The quantitative estimate of drug-likeness (QED) is 0.485. The van der Waals surface area contributed by atoms with Crippen LogP contribution in [0.1, 0.15) is 10.4 Å². The van der Waals surface area contributed by atoms with Crippen molar-refractivity contribution in [3.8, 4) is 0 Å². The molecule has 0 fully saturated rings. The summed E-state index contributed by atoms with van der Waals surface area (Å²) >= 11 is 0.687. The molecule has 0 radical (unpaired) electrons. The van der Waals surface area contributed by atoms with Crippen molar-refractivity contribution in [2.45, 2.75) is 4.90 Å². The molecule has 0 unspecified atom stereocenters. The molecule has 0 aromatic heterocycles. The second kappa shape index (κ2) is 6.01. The molecule has 2 aromatic rings. The van der Waals surface area contributed by atoms with Gasteiger partial charge in [-0.05, 0) is 18.2 Å².